The number of methoxy groups -OCH3 is 2. The van der Waals surface area contributed by atoms with Crippen molar-refractivity contribution in [1.29, 1.82) is 0 Å². The first kappa shape index (κ1) is 24.0. The summed E-state index contributed by atoms with van der Waals surface area (Å²) in [4.78, 5) is 36.6. The summed E-state index contributed by atoms with van der Waals surface area (Å²) in [5.74, 6) is 1.41. The number of ether oxygens (including phenoxy) is 2. The summed E-state index contributed by atoms with van der Waals surface area (Å²) >= 11 is 0. The van der Waals surface area contributed by atoms with E-state index in [-0.39, 0.29) is 17.5 Å². The van der Waals surface area contributed by atoms with Gasteiger partial charge in [-0.15, -0.1) is 0 Å². The molecule has 0 atom stereocenters. The Hall–Kier alpha value is -3.62. The van der Waals surface area contributed by atoms with E-state index in [1.165, 1.54) is 31.2 Å². The number of nitrogens with zero attached hydrogens (tertiary/aromatic N) is 3. The maximum atomic E-state index is 11.3. The van der Waals surface area contributed by atoms with Gasteiger partial charge in [0.2, 0.25) is 11.8 Å². The number of fused-ring (bicyclic) bond motifs is 2. The Labute approximate surface area is 193 Å². The average Bonchev–Trinajstić information content (AvgIpc) is 2.82. The van der Waals surface area contributed by atoms with Crippen LogP contribution in [0.15, 0.2) is 30.3 Å². The maximum absolute atomic E-state index is 11.3. The highest BCUT2D eigenvalue weighted by Crippen LogP contribution is 2.36. The molecule has 0 fully saturated rings. The molecule has 2 aliphatic heterocycles. The van der Waals surface area contributed by atoms with E-state index < -0.39 is 4.92 Å². The van der Waals surface area contributed by atoms with Crippen molar-refractivity contribution in [3.05, 3.63) is 62.7 Å². The van der Waals surface area contributed by atoms with Crippen LogP contribution in [0.2, 0.25) is 0 Å². The average molecular weight is 456 g/mol. The third-order valence-corrected chi connectivity index (χ3v) is 6.06. The van der Waals surface area contributed by atoms with Crippen molar-refractivity contribution in [2.75, 3.05) is 27.3 Å². The van der Waals surface area contributed by atoms with Crippen molar-refractivity contribution in [3.8, 4) is 11.5 Å². The fourth-order valence-electron chi connectivity index (χ4n) is 4.28. The number of carbonyl (C=O) groups excluding carboxylic acids is 2. The molecule has 9 heteroatoms. The number of carbonyl (C=O) groups is 2. The molecule has 0 saturated heterocycles. The van der Waals surface area contributed by atoms with Crippen molar-refractivity contribution >= 4 is 17.5 Å². The molecule has 176 valence electrons. The van der Waals surface area contributed by atoms with Crippen LogP contribution in [0.5, 0.6) is 11.5 Å². The summed E-state index contributed by atoms with van der Waals surface area (Å²) in [6.45, 7) is 5.70. The highest BCUT2D eigenvalue weighted by molar-refractivity contribution is 5.74. The number of benzene rings is 2. The monoisotopic (exact) mass is 455 g/mol. The fourth-order valence-corrected chi connectivity index (χ4v) is 4.28. The normalized spacial score (nSPS) is 14.3. The summed E-state index contributed by atoms with van der Waals surface area (Å²) in [5, 5.41) is 10.9. The Kier molecular flexibility index (Phi) is 7.52. The lowest BCUT2D eigenvalue weighted by Gasteiger charge is -2.28. The van der Waals surface area contributed by atoms with Gasteiger partial charge in [-0.05, 0) is 36.1 Å². The Balaban J connectivity index is 0.000000189. The molecule has 33 heavy (non-hydrogen) atoms. The van der Waals surface area contributed by atoms with Crippen molar-refractivity contribution in [1.82, 2.24) is 9.80 Å². The second-order valence-corrected chi connectivity index (χ2v) is 7.99. The summed E-state index contributed by atoms with van der Waals surface area (Å²) in [6, 6.07) is 9.14. The SMILES string of the molecule is COc1c([N+](=O)[O-])ccc2c1CCN(C(C)=O)C2.COc1cccc2c1CCN(C(C)=O)C2. The molecule has 0 bridgehead atoms. The lowest BCUT2D eigenvalue weighted by atomic mass is 9.97. The lowest BCUT2D eigenvalue weighted by Crippen LogP contribution is -2.34. The molecule has 0 aliphatic carbocycles. The molecule has 0 radical (unpaired) electrons. The first-order valence-electron chi connectivity index (χ1n) is 10.8. The zero-order valence-corrected chi connectivity index (χ0v) is 19.4. The number of rotatable bonds is 3. The quantitative estimate of drug-likeness (QED) is 0.521. The van der Waals surface area contributed by atoms with Gasteiger partial charge in [-0.1, -0.05) is 12.1 Å². The predicted octanol–water partition coefficient (Wildman–Crippen LogP) is 3.11. The zero-order chi connectivity index (χ0) is 24.1. The number of hydrogen-bond donors (Lipinski definition) is 0. The Bertz CT molecular complexity index is 1070. The first-order chi connectivity index (χ1) is 15.8. The van der Waals surface area contributed by atoms with Gasteiger partial charge < -0.3 is 19.3 Å². The van der Waals surface area contributed by atoms with E-state index in [4.69, 9.17) is 9.47 Å². The molecular weight excluding hydrogens is 426 g/mol. The third-order valence-electron chi connectivity index (χ3n) is 6.06. The molecule has 2 aliphatic rings. The second-order valence-electron chi connectivity index (χ2n) is 7.99. The highest BCUT2D eigenvalue weighted by Gasteiger charge is 2.26. The van der Waals surface area contributed by atoms with Gasteiger partial charge in [0.1, 0.15) is 5.75 Å². The fraction of sp³-hybridized carbons (Fsp3) is 0.417. The summed E-state index contributed by atoms with van der Waals surface area (Å²) < 4.78 is 10.5. The minimum Gasteiger partial charge on any atom is -0.496 e. The van der Waals surface area contributed by atoms with Crippen molar-refractivity contribution in [3.63, 3.8) is 0 Å². The molecule has 0 N–H and O–H groups in total. The Morgan fingerprint density at radius 1 is 0.879 bits per heavy atom. The number of amides is 2. The van der Waals surface area contributed by atoms with Crippen LogP contribution in [0.1, 0.15) is 36.1 Å². The zero-order valence-electron chi connectivity index (χ0n) is 19.4. The van der Waals surface area contributed by atoms with Gasteiger partial charge in [0.15, 0.2) is 5.75 Å². The molecule has 9 nitrogen and oxygen atoms in total. The third kappa shape index (κ3) is 5.24. The van der Waals surface area contributed by atoms with Gasteiger partial charge in [0, 0.05) is 57.2 Å². The molecule has 4 rings (SSSR count). The van der Waals surface area contributed by atoms with Crippen LogP contribution in [-0.4, -0.2) is 53.8 Å². The maximum Gasteiger partial charge on any atom is 0.311 e. The van der Waals surface area contributed by atoms with Crippen molar-refractivity contribution in [2.45, 2.75) is 39.8 Å². The van der Waals surface area contributed by atoms with Crippen molar-refractivity contribution in [2.24, 2.45) is 0 Å². The van der Waals surface area contributed by atoms with Crippen LogP contribution in [0.3, 0.4) is 0 Å². The molecule has 2 amide bonds. The van der Waals surface area contributed by atoms with Crippen LogP contribution < -0.4 is 9.47 Å². The minimum atomic E-state index is -0.448. The predicted molar refractivity (Wildman–Crippen MR) is 122 cm³/mol. The van der Waals surface area contributed by atoms with Gasteiger partial charge in [-0.25, -0.2) is 0 Å². The van der Waals surface area contributed by atoms with Crippen LogP contribution in [-0.2, 0) is 35.5 Å². The van der Waals surface area contributed by atoms with E-state index in [9.17, 15) is 19.7 Å². The number of hydrogen-bond acceptors (Lipinski definition) is 6. The van der Waals surface area contributed by atoms with E-state index in [0.29, 0.717) is 31.8 Å². The largest absolute Gasteiger partial charge is 0.496 e. The lowest BCUT2D eigenvalue weighted by molar-refractivity contribution is -0.385. The molecule has 0 saturated carbocycles. The van der Waals surface area contributed by atoms with Gasteiger partial charge in [0.25, 0.3) is 0 Å². The molecule has 0 unspecified atom stereocenters. The van der Waals surface area contributed by atoms with Crippen LogP contribution in [0.4, 0.5) is 5.69 Å². The number of nitro groups is 1. The van der Waals surface area contributed by atoms with E-state index in [1.807, 2.05) is 17.0 Å². The topological polar surface area (TPSA) is 102 Å². The van der Waals surface area contributed by atoms with Crippen molar-refractivity contribution < 1.29 is 24.0 Å². The second kappa shape index (κ2) is 10.3. The molecule has 0 spiro atoms. The van der Waals surface area contributed by atoms with Gasteiger partial charge in [-0.3, -0.25) is 19.7 Å². The summed E-state index contributed by atoms with van der Waals surface area (Å²) in [7, 11) is 3.12. The molecule has 2 heterocycles. The van der Waals surface area contributed by atoms with E-state index in [0.717, 1.165) is 29.8 Å². The van der Waals surface area contributed by atoms with Gasteiger partial charge >= 0.3 is 5.69 Å². The molecular formula is C24H29N3O6. The van der Waals surface area contributed by atoms with Crippen LogP contribution in [0.25, 0.3) is 0 Å². The van der Waals surface area contributed by atoms with Crippen LogP contribution >= 0.6 is 0 Å². The number of nitro benzene ring substituents is 1. The molecule has 2 aromatic carbocycles. The smallest absolute Gasteiger partial charge is 0.311 e. The Morgan fingerprint density at radius 3 is 1.97 bits per heavy atom. The van der Waals surface area contributed by atoms with E-state index >= 15 is 0 Å². The Morgan fingerprint density at radius 2 is 1.45 bits per heavy atom. The van der Waals surface area contributed by atoms with Crippen LogP contribution in [0, 0.1) is 10.1 Å². The van der Waals surface area contributed by atoms with E-state index in [2.05, 4.69) is 6.07 Å². The summed E-state index contributed by atoms with van der Waals surface area (Å²) in [5.41, 5.74) is 4.18. The van der Waals surface area contributed by atoms with E-state index in [1.54, 1.807) is 25.0 Å². The molecule has 2 aromatic rings. The standard InChI is InChI=1S/C12H14N2O4.C12H15NO2/c1-8(15)13-6-5-10-9(7-13)3-4-11(14(16)17)12(10)18-2;1-9(14)13-7-6-11-10(8-13)4-3-5-12(11)15-2/h3-4H,5-7H2,1-2H3;3-5H,6-8H2,1-2H3. The first-order valence-corrected chi connectivity index (χ1v) is 10.8. The van der Waals surface area contributed by atoms with Gasteiger partial charge in [0.05, 0.1) is 19.1 Å². The van der Waals surface area contributed by atoms with Gasteiger partial charge in [-0.2, -0.15) is 0 Å². The highest BCUT2D eigenvalue weighted by atomic mass is 16.6. The molecule has 0 aromatic heterocycles. The minimum absolute atomic E-state index is 0.0120. The summed E-state index contributed by atoms with van der Waals surface area (Å²) in [6.07, 6.45) is 1.47.